The van der Waals surface area contributed by atoms with Crippen molar-refractivity contribution in [2.75, 3.05) is 6.54 Å². The number of rotatable bonds is 4. The molecule has 2 N–H and O–H groups in total. The van der Waals surface area contributed by atoms with Gasteiger partial charge in [-0.15, -0.1) is 0 Å². The van der Waals surface area contributed by atoms with E-state index >= 15 is 0 Å². The smallest absolute Gasteiger partial charge is 0.101 e. The number of nitrogens with zero attached hydrogens (tertiary/aromatic N) is 1. The van der Waals surface area contributed by atoms with E-state index in [0.29, 0.717) is 6.54 Å². The van der Waals surface area contributed by atoms with E-state index in [1.165, 1.54) is 10.5 Å². The van der Waals surface area contributed by atoms with E-state index in [-0.39, 0.29) is 0 Å². The summed E-state index contributed by atoms with van der Waals surface area (Å²) >= 11 is 8.55. The molecule has 1 aromatic carbocycles. The second kappa shape index (κ2) is 6.70. The molecule has 0 amide bonds. The first-order valence-electron chi connectivity index (χ1n) is 5.47. The zero-order valence-corrected chi connectivity index (χ0v) is 13.6. The summed E-state index contributed by atoms with van der Waals surface area (Å²) in [5.74, 6) is 0. The second-order valence-electron chi connectivity index (χ2n) is 3.71. The number of halogens is 2. The van der Waals surface area contributed by atoms with E-state index in [4.69, 9.17) is 5.73 Å². The Balaban J connectivity index is 2.26. The van der Waals surface area contributed by atoms with E-state index in [1.807, 2.05) is 24.4 Å². The topological polar surface area (TPSA) is 38.9 Å². The molecule has 0 spiro atoms. The predicted molar refractivity (Wildman–Crippen MR) is 83.0 cm³/mol. The van der Waals surface area contributed by atoms with Gasteiger partial charge >= 0.3 is 0 Å². The van der Waals surface area contributed by atoms with Crippen LogP contribution in [-0.4, -0.2) is 11.5 Å². The average molecular weight is 388 g/mol. The molecule has 2 rings (SSSR count). The maximum absolute atomic E-state index is 5.64. The Hall–Kier alpha value is -0.360. The maximum Gasteiger partial charge on any atom is 0.101 e. The largest absolute Gasteiger partial charge is 0.330 e. The highest BCUT2D eigenvalue weighted by Crippen LogP contribution is 2.32. The molecule has 0 aliphatic heterocycles. The normalized spacial score (nSPS) is 10.6. The number of benzene rings is 1. The lowest BCUT2D eigenvalue weighted by atomic mass is 10.1. The highest BCUT2D eigenvalue weighted by Gasteiger charge is 2.06. The average Bonchev–Trinajstić information content (AvgIpc) is 2.36. The third-order valence-corrected chi connectivity index (χ3v) is 4.37. The fraction of sp³-hybridized carbons (Fsp3) is 0.154. The zero-order valence-electron chi connectivity index (χ0n) is 9.57. The molecule has 2 nitrogen and oxygen atoms in total. The minimum atomic E-state index is 0.656. The number of pyridine rings is 1. The molecule has 0 saturated heterocycles. The van der Waals surface area contributed by atoms with Gasteiger partial charge in [0.2, 0.25) is 0 Å². The molecule has 18 heavy (non-hydrogen) atoms. The van der Waals surface area contributed by atoms with Crippen LogP contribution in [0.5, 0.6) is 0 Å². The summed E-state index contributed by atoms with van der Waals surface area (Å²) in [7, 11) is 0. The van der Waals surface area contributed by atoms with Crippen molar-refractivity contribution in [1.82, 2.24) is 4.98 Å². The van der Waals surface area contributed by atoms with Gasteiger partial charge in [0, 0.05) is 20.0 Å². The van der Waals surface area contributed by atoms with Crippen molar-refractivity contribution in [2.24, 2.45) is 5.73 Å². The van der Waals surface area contributed by atoms with Gasteiger partial charge in [0.25, 0.3) is 0 Å². The molecule has 0 unspecified atom stereocenters. The van der Waals surface area contributed by atoms with Crippen LogP contribution in [0, 0.1) is 0 Å². The summed E-state index contributed by atoms with van der Waals surface area (Å²) < 4.78 is 2.06. The summed E-state index contributed by atoms with van der Waals surface area (Å²) in [4.78, 5) is 5.57. The van der Waals surface area contributed by atoms with Crippen LogP contribution in [0.3, 0.4) is 0 Å². The fourth-order valence-electron chi connectivity index (χ4n) is 1.52. The van der Waals surface area contributed by atoms with Crippen molar-refractivity contribution in [3.8, 4) is 0 Å². The maximum atomic E-state index is 5.64. The Kier molecular flexibility index (Phi) is 5.24. The molecule has 0 atom stereocenters. The van der Waals surface area contributed by atoms with Crippen molar-refractivity contribution in [2.45, 2.75) is 16.3 Å². The Morgan fingerprint density at radius 2 is 1.89 bits per heavy atom. The highest BCUT2D eigenvalue weighted by molar-refractivity contribution is 9.10. The van der Waals surface area contributed by atoms with E-state index in [0.717, 1.165) is 20.4 Å². The Morgan fingerprint density at radius 3 is 2.56 bits per heavy atom. The van der Waals surface area contributed by atoms with Crippen LogP contribution in [0.15, 0.2) is 55.4 Å². The van der Waals surface area contributed by atoms with Gasteiger partial charge in [-0.2, -0.15) is 0 Å². The van der Waals surface area contributed by atoms with Gasteiger partial charge in [-0.25, -0.2) is 4.98 Å². The van der Waals surface area contributed by atoms with Crippen LogP contribution in [0.2, 0.25) is 0 Å². The molecule has 2 aromatic rings. The lowest BCUT2D eigenvalue weighted by Gasteiger charge is -2.08. The summed E-state index contributed by atoms with van der Waals surface area (Å²) in [6.45, 7) is 0.656. The monoisotopic (exact) mass is 386 g/mol. The molecule has 0 aliphatic carbocycles. The van der Waals surface area contributed by atoms with E-state index < -0.39 is 0 Å². The second-order valence-corrected chi connectivity index (χ2v) is 6.60. The van der Waals surface area contributed by atoms with Crippen molar-refractivity contribution in [1.29, 1.82) is 0 Å². The number of nitrogens with two attached hydrogens (primary N) is 1. The van der Waals surface area contributed by atoms with Crippen LogP contribution >= 0.6 is 43.6 Å². The molecular weight excluding hydrogens is 376 g/mol. The minimum Gasteiger partial charge on any atom is -0.330 e. The van der Waals surface area contributed by atoms with Gasteiger partial charge in [-0.3, -0.25) is 0 Å². The first kappa shape index (κ1) is 14.1. The van der Waals surface area contributed by atoms with Gasteiger partial charge in [0.05, 0.1) is 0 Å². The first-order chi connectivity index (χ1) is 8.69. The van der Waals surface area contributed by atoms with Crippen LogP contribution < -0.4 is 5.73 Å². The standard InChI is InChI=1S/C13H12Br2N2S/c14-10-2-1-9(5-6-16)12(7-10)18-13-4-3-11(15)8-17-13/h1-4,7-8H,5-6,16H2. The van der Waals surface area contributed by atoms with Crippen LogP contribution in [0.25, 0.3) is 0 Å². The van der Waals surface area contributed by atoms with Gasteiger partial charge in [0.15, 0.2) is 0 Å². The molecule has 1 heterocycles. The van der Waals surface area contributed by atoms with Crippen molar-refractivity contribution in [3.05, 3.63) is 51.0 Å². The zero-order chi connectivity index (χ0) is 13.0. The molecule has 94 valence electrons. The van der Waals surface area contributed by atoms with Gasteiger partial charge in [-0.05, 0) is 58.7 Å². The van der Waals surface area contributed by atoms with Crippen molar-refractivity contribution in [3.63, 3.8) is 0 Å². The summed E-state index contributed by atoms with van der Waals surface area (Å²) in [5, 5.41) is 0.981. The third-order valence-electron chi connectivity index (χ3n) is 2.36. The molecular formula is C13H12Br2N2S. The number of hydrogen-bond donors (Lipinski definition) is 1. The highest BCUT2D eigenvalue weighted by atomic mass is 79.9. The van der Waals surface area contributed by atoms with E-state index in [9.17, 15) is 0 Å². The fourth-order valence-corrected chi connectivity index (χ4v) is 3.22. The Labute approximate surface area is 128 Å². The SMILES string of the molecule is NCCc1ccc(Br)cc1Sc1ccc(Br)cn1. The van der Waals surface area contributed by atoms with Crippen LogP contribution in [0.1, 0.15) is 5.56 Å². The Bertz CT molecular complexity index is 529. The first-order valence-corrected chi connectivity index (χ1v) is 7.87. The molecule has 1 aromatic heterocycles. The van der Waals surface area contributed by atoms with E-state index in [1.54, 1.807) is 11.8 Å². The van der Waals surface area contributed by atoms with Gasteiger partial charge < -0.3 is 5.73 Å². The van der Waals surface area contributed by atoms with Gasteiger partial charge in [-0.1, -0.05) is 33.8 Å². The van der Waals surface area contributed by atoms with Crippen LogP contribution in [0.4, 0.5) is 0 Å². The molecule has 0 fully saturated rings. The molecule has 5 heteroatoms. The lowest BCUT2D eigenvalue weighted by Crippen LogP contribution is -2.03. The Morgan fingerprint density at radius 1 is 1.11 bits per heavy atom. The number of aromatic nitrogens is 1. The summed E-state index contributed by atoms with van der Waals surface area (Å²) in [6.07, 6.45) is 2.69. The quantitative estimate of drug-likeness (QED) is 0.851. The van der Waals surface area contributed by atoms with E-state index in [2.05, 4.69) is 49.0 Å². The summed E-state index contributed by atoms with van der Waals surface area (Å²) in [6, 6.07) is 10.3. The lowest BCUT2D eigenvalue weighted by molar-refractivity contribution is 0.942. The van der Waals surface area contributed by atoms with Crippen LogP contribution in [-0.2, 0) is 6.42 Å². The van der Waals surface area contributed by atoms with Crippen molar-refractivity contribution >= 4 is 43.6 Å². The molecule has 0 radical (unpaired) electrons. The molecule has 0 saturated carbocycles. The third kappa shape index (κ3) is 3.82. The minimum absolute atomic E-state index is 0.656. The summed E-state index contributed by atoms with van der Waals surface area (Å²) in [5.41, 5.74) is 6.90. The number of hydrogen-bond acceptors (Lipinski definition) is 3. The molecule has 0 bridgehead atoms. The van der Waals surface area contributed by atoms with Crippen molar-refractivity contribution < 1.29 is 0 Å². The van der Waals surface area contributed by atoms with Gasteiger partial charge in [0.1, 0.15) is 5.03 Å². The predicted octanol–water partition coefficient (Wildman–Crippen LogP) is 4.26. The molecule has 0 aliphatic rings.